The highest BCUT2D eigenvalue weighted by Crippen LogP contribution is 2.71. The number of aldehydes is 1. The topological polar surface area (TPSA) is 127 Å². The summed E-state index contributed by atoms with van der Waals surface area (Å²) >= 11 is 0. The standard InChI is InChI=1S/C24H32O8/c1-11-14-8-15(31-12(2)26)19-23(10-25)16(9-17(28)24(19,20(11)29)21(14)30)22(4,5)7-6-18(23)32-13(3)27/h10,14-19,21,28,30H,1,6-9H2,2-5H3. The predicted molar refractivity (Wildman–Crippen MR) is 111 cm³/mol. The summed E-state index contributed by atoms with van der Waals surface area (Å²) in [6, 6.07) is 0. The molecule has 4 saturated carbocycles. The Hall–Kier alpha value is -2.06. The number of ketones is 1. The molecule has 176 valence electrons. The Kier molecular flexibility index (Phi) is 5.21. The maximum Gasteiger partial charge on any atom is 0.302 e. The molecule has 0 aromatic carbocycles. The normalized spacial score (nSPS) is 46.6. The van der Waals surface area contributed by atoms with Gasteiger partial charge in [-0.25, -0.2) is 0 Å². The molecule has 0 aromatic heterocycles. The second kappa shape index (κ2) is 7.22. The Labute approximate surface area is 187 Å². The molecule has 9 atom stereocenters. The molecule has 9 unspecified atom stereocenters. The fourth-order valence-corrected chi connectivity index (χ4v) is 7.79. The van der Waals surface area contributed by atoms with Crippen molar-refractivity contribution in [2.24, 2.45) is 34.0 Å². The van der Waals surface area contributed by atoms with Crippen LogP contribution in [0.3, 0.4) is 0 Å². The fraction of sp³-hybridized carbons (Fsp3) is 0.750. The van der Waals surface area contributed by atoms with E-state index in [0.717, 1.165) is 6.29 Å². The van der Waals surface area contributed by atoms with E-state index in [2.05, 4.69) is 6.58 Å². The number of Topliss-reactive ketones (excluding diaryl/α,β-unsaturated/α-hetero) is 1. The molecule has 0 heterocycles. The summed E-state index contributed by atoms with van der Waals surface area (Å²) in [7, 11) is 0. The first-order valence-electron chi connectivity index (χ1n) is 11.3. The van der Waals surface area contributed by atoms with Gasteiger partial charge in [0.1, 0.15) is 18.5 Å². The van der Waals surface area contributed by atoms with E-state index >= 15 is 0 Å². The van der Waals surface area contributed by atoms with Gasteiger partial charge in [0.05, 0.1) is 23.0 Å². The number of esters is 2. The van der Waals surface area contributed by atoms with Gasteiger partial charge in [-0.05, 0) is 42.6 Å². The number of hydrogen-bond acceptors (Lipinski definition) is 8. The van der Waals surface area contributed by atoms with Gasteiger partial charge in [-0.1, -0.05) is 20.4 Å². The van der Waals surface area contributed by atoms with Gasteiger partial charge in [-0.15, -0.1) is 0 Å². The molecule has 32 heavy (non-hydrogen) atoms. The Morgan fingerprint density at radius 2 is 1.75 bits per heavy atom. The van der Waals surface area contributed by atoms with Crippen molar-refractivity contribution < 1.29 is 38.9 Å². The first kappa shape index (κ1) is 23.1. The number of aliphatic hydroxyl groups excluding tert-OH is 2. The Morgan fingerprint density at radius 3 is 2.31 bits per heavy atom. The quantitative estimate of drug-likeness (QED) is 0.376. The van der Waals surface area contributed by atoms with Gasteiger partial charge in [0.25, 0.3) is 0 Å². The van der Waals surface area contributed by atoms with E-state index < -0.39 is 76.1 Å². The van der Waals surface area contributed by atoms with E-state index in [1.54, 1.807) is 0 Å². The molecular formula is C24H32O8. The maximum absolute atomic E-state index is 13.6. The molecule has 0 aliphatic heterocycles. The van der Waals surface area contributed by atoms with Crippen LogP contribution >= 0.6 is 0 Å². The van der Waals surface area contributed by atoms with Crippen molar-refractivity contribution in [1.82, 2.24) is 0 Å². The number of rotatable bonds is 3. The third-order valence-corrected chi connectivity index (χ3v) is 8.91. The number of carbonyl (C=O) groups excluding carboxylic acids is 4. The number of hydrogen-bond donors (Lipinski definition) is 2. The Morgan fingerprint density at radius 1 is 1.12 bits per heavy atom. The molecule has 0 amide bonds. The number of aliphatic hydroxyl groups is 2. The zero-order valence-electron chi connectivity index (χ0n) is 19.0. The van der Waals surface area contributed by atoms with Crippen molar-refractivity contribution >= 4 is 24.0 Å². The van der Waals surface area contributed by atoms with E-state index in [1.165, 1.54) is 13.8 Å². The minimum atomic E-state index is -1.75. The van der Waals surface area contributed by atoms with Crippen LogP contribution in [0.1, 0.15) is 53.4 Å². The first-order chi connectivity index (χ1) is 14.8. The van der Waals surface area contributed by atoms with Crippen molar-refractivity contribution in [1.29, 1.82) is 0 Å². The average molecular weight is 449 g/mol. The summed E-state index contributed by atoms with van der Waals surface area (Å²) in [4.78, 5) is 50.8. The van der Waals surface area contributed by atoms with Crippen LogP contribution in [0.2, 0.25) is 0 Å². The van der Waals surface area contributed by atoms with Crippen LogP contribution in [0.5, 0.6) is 0 Å². The third kappa shape index (κ3) is 2.68. The molecule has 4 aliphatic carbocycles. The SMILES string of the molecule is C=C1C(=O)C23C(O)CC4C(C)(C)CCC(OC(C)=O)C4(C=O)C2C(OC(C)=O)CC1C3O. The summed E-state index contributed by atoms with van der Waals surface area (Å²) in [5, 5.41) is 22.8. The predicted octanol–water partition coefficient (Wildman–Crippen LogP) is 1.36. The zero-order chi connectivity index (χ0) is 23.8. The van der Waals surface area contributed by atoms with Crippen LogP contribution in [0.15, 0.2) is 12.2 Å². The highest BCUT2D eigenvalue weighted by Gasteiger charge is 2.79. The Balaban J connectivity index is 2.02. The molecular weight excluding hydrogens is 416 g/mol. The smallest absolute Gasteiger partial charge is 0.302 e. The van der Waals surface area contributed by atoms with Gasteiger partial charge in [0, 0.05) is 25.7 Å². The van der Waals surface area contributed by atoms with Crippen LogP contribution in [0.25, 0.3) is 0 Å². The summed E-state index contributed by atoms with van der Waals surface area (Å²) in [6.07, 6.45) is -2.36. The van der Waals surface area contributed by atoms with E-state index in [-0.39, 0.29) is 18.4 Å². The summed E-state index contributed by atoms with van der Waals surface area (Å²) in [5.41, 5.74) is -3.42. The summed E-state index contributed by atoms with van der Waals surface area (Å²) in [5.74, 6) is -3.83. The largest absolute Gasteiger partial charge is 0.462 e. The maximum atomic E-state index is 13.6. The lowest BCUT2D eigenvalue weighted by Gasteiger charge is -2.66. The summed E-state index contributed by atoms with van der Waals surface area (Å²) < 4.78 is 11.4. The van der Waals surface area contributed by atoms with Crippen LogP contribution in [0.4, 0.5) is 0 Å². The molecule has 2 bridgehead atoms. The molecule has 1 spiro atoms. The average Bonchev–Trinajstić information content (AvgIpc) is 2.80. The molecule has 8 heteroatoms. The monoisotopic (exact) mass is 448 g/mol. The highest BCUT2D eigenvalue weighted by molar-refractivity contribution is 6.05. The number of fused-ring (bicyclic) bond motifs is 3. The van der Waals surface area contributed by atoms with Crippen molar-refractivity contribution in [3.63, 3.8) is 0 Å². The van der Waals surface area contributed by atoms with Gasteiger partial charge in [0.15, 0.2) is 5.78 Å². The van der Waals surface area contributed by atoms with E-state index in [1.807, 2.05) is 13.8 Å². The van der Waals surface area contributed by atoms with Crippen molar-refractivity contribution in [2.45, 2.75) is 77.8 Å². The molecule has 4 aliphatic rings. The van der Waals surface area contributed by atoms with Gasteiger partial charge >= 0.3 is 11.9 Å². The lowest BCUT2D eigenvalue weighted by molar-refractivity contribution is -0.271. The summed E-state index contributed by atoms with van der Waals surface area (Å²) in [6.45, 7) is 10.4. The van der Waals surface area contributed by atoms with Gasteiger partial charge in [0.2, 0.25) is 0 Å². The molecule has 8 nitrogen and oxygen atoms in total. The molecule has 0 radical (unpaired) electrons. The van der Waals surface area contributed by atoms with Crippen molar-refractivity contribution in [3.8, 4) is 0 Å². The highest BCUT2D eigenvalue weighted by atomic mass is 16.6. The van der Waals surface area contributed by atoms with E-state index in [4.69, 9.17) is 9.47 Å². The van der Waals surface area contributed by atoms with E-state index in [9.17, 15) is 29.4 Å². The van der Waals surface area contributed by atoms with Crippen molar-refractivity contribution in [2.75, 3.05) is 0 Å². The van der Waals surface area contributed by atoms with Crippen molar-refractivity contribution in [3.05, 3.63) is 12.2 Å². The van der Waals surface area contributed by atoms with Gasteiger partial charge in [-0.3, -0.25) is 14.4 Å². The molecule has 2 N–H and O–H groups in total. The Bertz CT molecular complexity index is 892. The third-order valence-electron chi connectivity index (χ3n) is 8.91. The minimum Gasteiger partial charge on any atom is -0.462 e. The minimum absolute atomic E-state index is 0.0790. The van der Waals surface area contributed by atoms with Crippen LogP contribution < -0.4 is 0 Å². The van der Waals surface area contributed by atoms with Crippen LogP contribution in [-0.2, 0) is 28.7 Å². The molecule has 0 saturated heterocycles. The molecule has 4 rings (SSSR count). The first-order valence-corrected chi connectivity index (χ1v) is 11.3. The molecule has 4 fully saturated rings. The van der Waals surface area contributed by atoms with Gasteiger partial charge < -0.3 is 24.5 Å². The van der Waals surface area contributed by atoms with Crippen LogP contribution in [0, 0.1) is 34.0 Å². The van der Waals surface area contributed by atoms with Crippen LogP contribution in [-0.4, -0.2) is 58.6 Å². The van der Waals surface area contributed by atoms with E-state index in [0.29, 0.717) is 12.8 Å². The zero-order valence-corrected chi connectivity index (χ0v) is 19.0. The number of carbonyl (C=O) groups is 4. The number of ether oxygens (including phenoxy) is 2. The lowest BCUT2D eigenvalue weighted by Crippen LogP contribution is -2.74. The van der Waals surface area contributed by atoms with Gasteiger partial charge in [-0.2, -0.15) is 0 Å². The lowest BCUT2D eigenvalue weighted by atomic mass is 9.38. The molecule has 0 aromatic rings. The second-order valence-corrected chi connectivity index (χ2v) is 10.7. The second-order valence-electron chi connectivity index (χ2n) is 10.7. The fourth-order valence-electron chi connectivity index (χ4n) is 7.79.